The van der Waals surface area contributed by atoms with E-state index < -0.39 is 0 Å². The highest BCUT2D eigenvalue weighted by Crippen LogP contribution is 2.41. The highest BCUT2D eigenvalue weighted by Gasteiger charge is 2.19. The van der Waals surface area contributed by atoms with Gasteiger partial charge in [-0.1, -0.05) is 84.9 Å². The second kappa shape index (κ2) is 10.9. The molecule has 4 aromatic heterocycles. The zero-order valence-corrected chi connectivity index (χ0v) is 26.4. The van der Waals surface area contributed by atoms with Gasteiger partial charge in [0, 0.05) is 55.8 Å². The molecule has 230 valence electrons. The van der Waals surface area contributed by atoms with E-state index in [1.165, 1.54) is 10.8 Å². The van der Waals surface area contributed by atoms with Gasteiger partial charge in [-0.05, 0) is 78.4 Å². The van der Waals surface area contributed by atoms with Gasteiger partial charge in [-0.3, -0.25) is 0 Å². The third-order valence-electron chi connectivity index (χ3n) is 9.46. The average molecular weight is 629 g/mol. The molecule has 0 aliphatic rings. The minimum Gasteiger partial charge on any atom is -0.456 e. The molecule has 0 unspecified atom stereocenters. The van der Waals surface area contributed by atoms with Crippen molar-refractivity contribution in [3.8, 4) is 16.8 Å². The number of hydrogen-bond acceptors (Lipinski definition) is 4. The van der Waals surface area contributed by atoms with Crippen molar-refractivity contribution < 1.29 is 4.42 Å². The number of furan rings is 1. The van der Waals surface area contributed by atoms with Crippen LogP contribution < -0.4 is 4.90 Å². The maximum Gasteiger partial charge on any atom is 0.159 e. The van der Waals surface area contributed by atoms with Crippen LogP contribution in [0.25, 0.3) is 71.6 Å². The van der Waals surface area contributed by atoms with Crippen LogP contribution in [-0.2, 0) is 0 Å². The second-order valence-electron chi connectivity index (χ2n) is 12.3. The monoisotopic (exact) mass is 628 g/mol. The maximum atomic E-state index is 6.16. The van der Waals surface area contributed by atoms with Crippen LogP contribution >= 0.6 is 0 Å². The van der Waals surface area contributed by atoms with E-state index in [9.17, 15) is 0 Å². The van der Waals surface area contributed by atoms with Crippen LogP contribution in [0.2, 0.25) is 0 Å². The number of fused-ring (bicyclic) bond motifs is 7. The molecular formula is C44H28N4O. The number of para-hydroxylation sites is 4. The Kier molecular flexibility index (Phi) is 6.11. The SMILES string of the molecule is c1ccc(N(c2ccc(-c3cccc4c5ccccc5n(-c5cnc6ncccc6c5)c34)cc2)c2ccc3oc4ccccc4c3c2)cc1. The molecule has 0 spiro atoms. The maximum absolute atomic E-state index is 6.16. The number of aromatic nitrogens is 3. The lowest BCUT2D eigenvalue weighted by molar-refractivity contribution is 0.669. The molecule has 10 rings (SSSR count). The van der Waals surface area contributed by atoms with Gasteiger partial charge < -0.3 is 13.9 Å². The van der Waals surface area contributed by atoms with E-state index in [1.54, 1.807) is 6.20 Å². The number of rotatable bonds is 5. The summed E-state index contributed by atoms with van der Waals surface area (Å²) in [5.41, 5.74) is 11.3. The Balaban J connectivity index is 1.14. The van der Waals surface area contributed by atoms with Crippen LogP contribution in [0.5, 0.6) is 0 Å². The van der Waals surface area contributed by atoms with Crippen LogP contribution in [0.15, 0.2) is 175 Å². The molecule has 0 fully saturated rings. The number of pyridine rings is 2. The first-order valence-electron chi connectivity index (χ1n) is 16.4. The van der Waals surface area contributed by atoms with E-state index in [-0.39, 0.29) is 0 Å². The van der Waals surface area contributed by atoms with Gasteiger partial charge in [0.25, 0.3) is 0 Å². The molecule has 49 heavy (non-hydrogen) atoms. The lowest BCUT2D eigenvalue weighted by atomic mass is 10.0. The lowest BCUT2D eigenvalue weighted by Crippen LogP contribution is -2.09. The molecule has 0 saturated carbocycles. The van der Waals surface area contributed by atoms with E-state index in [4.69, 9.17) is 9.40 Å². The van der Waals surface area contributed by atoms with Crippen LogP contribution in [0.3, 0.4) is 0 Å². The molecular weight excluding hydrogens is 601 g/mol. The predicted molar refractivity (Wildman–Crippen MR) is 201 cm³/mol. The molecule has 0 atom stereocenters. The van der Waals surface area contributed by atoms with E-state index in [0.29, 0.717) is 0 Å². The van der Waals surface area contributed by atoms with Crippen molar-refractivity contribution in [1.29, 1.82) is 0 Å². The Bertz CT molecular complexity index is 2830. The molecule has 5 nitrogen and oxygen atoms in total. The summed E-state index contributed by atoms with van der Waals surface area (Å²) in [5, 5.41) is 5.64. The largest absolute Gasteiger partial charge is 0.456 e. The highest BCUT2D eigenvalue weighted by atomic mass is 16.3. The zero-order valence-electron chi connectivity index (χ0n) is 26.4. The highest BCUT2D eigenvalue weighted by molar-refractivity contribution is 6.14. The molecule has 5 heteroatoms. The van der Waals surface area contributed by atoms with Crippen molar-refractivity contribution >= 4 is 71.8 Å². The van der Waals surface area contributed by atoms with Gasteiger partial charge in [0.15, 0.2) is 5.65 Å². The van der Waals surface area contributed by atoms with Gasteiger partial charge in [-0.15, -0.1) is 0 Å². The Labute approximate surface area is 281 Å². The molecule has 10 aromatic rings. The van der Waals surface area contributed by atoms with E-state index in [0.717, 1.165) is 77.9 Å². The number of nitrogens with zero attached hydrogens (tertiary/aromatic N) is 4. The summed E-state index contributed by atoms with van der Waals surface area (Å²) in [7, 11) is 0. The van der Waals surface area contributed by atoms with Crippen molar-refractivity contribution in [2.24, 2.45) is 0 Å². The van der Waals surface area contributed by atoms with Crippen molar-refractivity contribution in [2.45, 2.75) is 0 Å². The van der Waals surface area contributed by atoms with Crippen LogP contribution in [0.4, 0.5) is 17.1 Å². The van der Waals surface area contributed by atoms with Crippen LogP contribution in [-0.4, -0.2) is 14.5 Å². The van der Waals surface area contributed by atoms with Crippen molar-refractivity contribution in [2.75, 3.05) is 4.90 Å². The van der Waals surface area contributed by atoms with Gasteiger partial charge in [-0.2, -0.15) is 0 Å². The molecule has 0 saturated heterocycles. The topological polar surface area (TPSA) is 47.1 Å². The third-order valence-corrected chi connectivity index (χ3v) is 9.46. The van der Waals surface area contributed by atoms with Crippen molar-refractivity contribution in [3.63, 3.8) is 0 Å². The molecule has 0 bridgehead atoms. The smallest absolute Gasteiger partial charge is 0.159 e. The summed E-state index contributed by atoms with van der Waals surface area (Å²) in [6.07, 6.45) is 3.72. The lowest BCUT2D eigenvalue weighted by Gasteiger charge is -2.25. The fourth-order valence-electron chi connectivity index (χ4n) is 7.26. The Morgan fingerprint density at radius 1 is 0.510 bits per heavy atom. The Morgan fingerprint density at radius 2 is 1.24 bits per heavy atom. The summed E-state index contributed by atoms with van der Waals surface area (Å²) in [4.78, 5) is 11.5. The third kappa shape index (κ3) is 4.40. The van der Waals surface area contributed by atoms with Crippen LogP contribution in [0, 0.1) is 0 Å². The molecule has 4 heterocycles. The first kappa shape index (κ1) is 27.4. The summed E-state index contributed by atoms with van der Waals surface area (Å²) in [5.74, 6) is 0. The average Bonchev–Trinajstić information content (AvgIpc) is 3.71. The first-order valence-corrected chi connectivity index (χ1v) is 16.4. The minimum absolute atomic E-state index is 0.742. The molecule has 0 amide bonds. The summed E-state index contributed by atoms with van der Waals surface area (Å²) in [6.45, 7) is 0. The molecule has 0 radical (unpaired) electrons. The van der Waals surface area contributed by atoms with Gasteiger partial charge in [0.1, 0.15) is 11.2 Å². The standard InChI is InChI=1S/C44H28N4O/c1-2-11-31(12-3-1)47(33-23-24-42-39(27-33)37-14-5-7-18-41(37)49-42)32-21-19-29(20-22-32)35-15-8-16-38-36-13-4-6-17-40(36)48(43(35)38)34-26-30-10-9-25-45-44(30)46-28-34/h1-28H. The predicted octanol–water partition coefficient (Wildman–Crippen LogP) is 11.8. The van der Waals surface area contributed by atoms with Gasteiger partial charge in [0.2, 0.25) is 0 Å². The summed E-state index contributed by atoms with van der Waals surface area (Å²) in [6, 6.07) is 55.5. The van der Waals surface area contributed by atoms with E-state index in [2.05, 4.69) is 154 Å². The van der Waals surface area contributed by atoms with Crippen LogP contribution in [0.1, 0.15) is 0 Å². The Morgan fingerprint density at radius 3 is 2.14 bits per heavy atom. The minimum atomic E-state index is 0.742. The van der Waals surface area contributed by atoms with Gasteiger partial charge in [0.05, 0.1) is 22.9 Å². The molecule has 0 N–H and O–H groups in total. The van der Waals surface area contributed by atoms with Crippen molar-refractivity contribution in [3.05, 3.63) is 170 Å². The normalized spacial score (nSPS) is 11.7. The van der Waals surface area contributed by atoms with Crippen molar-refractivity contribution in [1.82, 2.24) is 14.5 Å². The molecule has 0 aliphatic carbocycles. The quantitative estimate of drug-likeness (QED) is 0.190. The fourth-order valence-corrected chi connectivity index (χ4v) is 7.26. The zero-order chi connectivity index (χ0) is 32.3. The second-order valence-corrected chi connectivity index (χ2v) is 12.3. The summed E-state index contributed by atoms with van der Waals surface area (Å²) < 4.78 is 8.50. The summed E-state index contributed by atoms with van der Waals surface area (Å²) >= 11 is 0. The number of anilines is 3. The number of benzene rings is 6. The fraction of sp³-hybridized carbons (Fsp3) is 0. The van der Waals surface area contributed by atoms with Gasteiger partial charge in [-0.25, -0.2) is 9.97 Å². The molecule has 6 aromatic carbocycles. The van der Waals surface area contributed by atoms with E-state index in [1.807, 2.05) is 24.4 Å². The van der Waals surface area contributed by atoms with Gasteiger partial charge >= 0.3 is 0 Å². The van der Waals surface area contributed by atoms with E-state index >= 15 is 0 Å². The molecule has 0 aliphatic heterocycles. The Hall–Kier alpha value is -6.72. The first-order chi connectivity index (χ1) is 24.3. The number of hydrogen-bond donors (Lipinski definition) is 0.